The zero-order chi connectivity index (χ0) is 15.9. The van der Waals surface area contributed by atoms with Crippen molar-refractivity contribution < 1.29 is 28.2 Å². The molecule has 0 spiro atoms. The van der Waals surface area contributed by atoms with Crippen LogP contribution in [-0.4, -0.2) is 35.3 Å². The van der Waals surface area contributed by atoms with E-state index in [9.17, 15) is 18.0 Å². The summed E-state index contributed by atoms with van der Waals surface area (Å²) in [5.74, 6) is -2.95. The van der Waals surface area contributed by atoms with Crippen LogP contribution >= 0.6 is 0 Å². The van der Waals surface area contributed by atoms with Gasteiger partial charge < -0.3 is 10.2 Å². The number of aryl methyl sites for hydroxylation is 1. The van der Waals surface area contributed by atoms with Gasteiger partial charge in [0.1, 0.15) is 0 Å². The van der Waals surface area contributed by atoms with E-state index < -0.39 is 42.5 Å². The molecule has 6 nitrogen and oxygen atoms in total. The highest BCUT2D eigenvalue weighted by Crippen LogP contribution is 2.31. The lowest BCUT2D eigenvalue weighted by atomic mass is 10.1. The Balaban J connectivity index is 3.94. The monoisotopic (exact) mass is 300 g/mol. The molecule has 0 saturated heterocycles. The van der Waals surface area contributed by atoms with E-state index in [1.807, 2.05) is 0 Å². The predicted molar refractivity (Wildman–Crippen MR) is 72.0 cm³/mol. The minimum Gasteiger partial charge on any atom is -0.478 e. The number of carbonyl (C=O) groups is 2. The molecule has 0 atom stereocenters. The minimum absolute atomic E-state index is 0.368. The second-order valence-corrected chi connectivity index (χ2v) is 8.06. The van der Waals surface area contributed by atoms with Crippen LogP contribution in [-0.2, 0) is 9.84 Å². The van der Waals surface area contributed by atoms with Crippen LogP contribution in [0.4, 0.5) is 0 Å². The summed E-state index contributed by atoms with van der Waals surface area (Å²) in [4.78, 5) is 21.9. The summed E-state index contributed by atoms with van der Waals surface area (Å²) in [6.45, 7) is 5.67. The summed E-state index contributed by atoms with van der Waals surface area (Å²) in [5.41, 5.74) is -0.665. The molecule has 1 aromatic carbocycles. The van der Waals surface area contributed by atoms with E-state index in [1.54, 1.807) is 0 Å². The summed E-state index contributed by atoms with van der Waals surface area (Å²) in [5, 5.41) is 18.3. The van der Waals surface area contributed by atoms with Crippen LogP contribution in [0.15, 0.2) is 17.0 Å². The van der Waals surface area contributed by atoms with E-state index in [2.05, 4.69) is 0 Å². The molecule has 0 aliphatic rings. The summed E-state index contributed by atoms with van der Waals surface area (Å²) in [6, 6.07) is 2.32. The van der Waals surface area contributed by atoms with Crippen molar-refractivity contribution in [3.8, 4) is 0 Å². The summed E-state index contributed by atoms with van der Waals surface area (Å²) >= 11 is 0. The van der Waals surface area contributed by atoms with Gasteiger partial charge in [-0.1, -0.05) is 0 Å². The number of hydrogen-bond donors (Lipinski definition) is 2. The molecule has 0 bridgehead atoms. The van der Waals surface area contributed by atoms with Gasteiger partial charge in [0.15, 0.2) is 9.84 Å². The SMILES string of the molecule is Cc1cc(C(=O)O)c(S(=O)(=O)C(C)(C)C)c(C(=O)O)c1. The van der Waals surface area contributed by atoms with Crippen molar-refractivity contribution in [1.29, 1.82) is 0 Å². The second kappa shape index (κ2) is 4.90. The first-order chi connectivity index (χ1) is 8.89. The maximum atomic E-state index is 12.5. The molecule has 0 aromatic heterocycles. The Labute approximate surface area is 117 Å². The third-order valence-corrected chi connectivity index (χ3v) is 5.36. The molecule has 0 fully saturated rings. The zero-order valence-corrected chi connectivity index (χ0v) is 12.4. The number of sulfone groups is 1. The fraction of sp³-hybridized carbons (Fsp3) is 0.385. The highest BCUT2D eigenvalue weighted by molar-refractivity contribution is 7.93. The van der Waals surface area contributed by atoms with Crippen molar-refractivity contribution in [3.05, 3.63) is 28.8 Å². The summed E-state index contributed by atoms with van der Waals surface area (Å²) < 4.78 is 23.7. The highest BCUT2D eigenvalue weighted by atomic mass is 32.2. The molecule has 0 unspecified atom stereocenters. The first-order valence-corrected chi connectivity index (χ1v) is 7.23. The van der Waals surface area contributed by atoms with Crippen molar-refractivity contribution in [3.63, 3.8) is 0 Å². The number of aromatic carboxylic acids is 2. The molecule has 1 rings (SSSR count). The van der Waals surface area contributed by atoms with E-state index in [4.69, 9.17) is 10.2 Å². The third kappa shape index (κ3) is 2.67. The van der Waals surface area contributed by atoms with Crippen molar-refractivity contribution in [2.75, 3.05) is 0 Å². The highest BCUT2D eigenvalue weighted by Gasteiger charge is 2.38. The lowest BCUT2D eigenvalue weighted by Gasteiger charge is -2.22. The van der Waals surface area contributed by atoms with Gasteiger partial charge in [-0.3, -0.25) is 0 Å². The second-order valence-electron chi connectivity index (χ2n) is 5.42. The number of carboxylic acids is 2. The number of hydrogen-bond acceptors (Lipinski definition) is 4. The van der Waals surface area contributed by atoms with Crippen LogP contribution in [0, 0.1) is 6.92 Å². The van der Waals surface area contributed by atoms with Crippen molar-refractivity contribution in [2.45, 2.75) is 37.3 Å². The minimum atomic E-state index is -4.11. The van der Waals surface area contributed by atoms with Crippen LogP contribution in [0.5, 0.6) is 0 Å². The van der Waals surface area contributed by atoms with Crippen molar-refractivity contribution in [2.24, 2.45) is 0 Å². The van der Waals surface area contributed by atoms with Crippen LogP contribution in [0.25, 0.3) is 0 Å². The zero-order valence-electron chi connectivity index (χ0n) is 11.6. The van der Waals surface area contributed by atoms with Gasteiger partial charge in [0, 0.05) is 0 Å². The maximum Gasteiger partial charge on any atom is 0.337 e. The Hall–Kier alpha value is -1.89. The largest absolute Gasteiger partial charge is 0.478 e. The van der Waals surface area contributed by atoms with E-state index in [0.29, 0.717) is 5.56 Å². The average molecular weight is 300 g/mol. The predicted octanol–water partition coefficient (Wildman–Crippen LogP) is 1.96. The van der Waals surface area contributed by atoms with Gasteiger partial charge in [-0.05, 0) is 45.4 Å². The van der Waals surface area contributed by atoms with Gasteiger partial charge in [0.05, 0.1) is 20.8 Å². The number of benzene rings is 1. The molecule has 0 saturated carbocycles. The lowest BCUT2D eigenvalue weighted by Crippen LogP contribution is -2.31. The smallest absolute Gasteiger partial charge is 0.337 e. The fourth-order valence-electron chi connectivity index (χ4n) is 1.69. The van der Waals surface area contributed by atoms with Gasteiger partial charge in [-0.2, -0.15) is 0 Å². The number of rotatable bonds is 3. The molecule has 0 aliphatic carbocycles. The molecular formula is C13H16O6S. The molecule has 1 aromatic rings. The van der Waals surface area contributed by atoms with Gasteiger partial charge in [-0.15, -0.1) is 0 Å². The van der Waals surface area contributed by atoms with Gasteiger partial charge >= 0.3 is 11.9 Å². The molecular weight excluding hydrogens is 284 g/mol. The molecule has 0 heterocycles. The van der Waals surface area contributed by atoms with Crippen molar-refractivity contribution >= 4 is 21.8 Å². The quantitative estimate of drug-likeness (QED) is 0.883. The normalized spacial score (nSPS) is 12.2. The standard InChI is InChI=1S/C13H16O6S/c1-7-5-8(11(14)15)10(9(6-7)12(16)17)20(18,19)13(2,3)4/h5-6H,1-4H3,(H,14,15)(H,16,17). The van der Waals surface area contributed by atoms with Gasteiger partial charge in [0.2, 0.25) is 0 Å². The molecule has 0 radical (unpaired) electrons. The molecule has 110 valence electrons. The molecule has 2 N–H and O–H groups in total. The first-order valence-electron chi connectivity index (χ1n) is 5.75. The average Bonchev–Trinajstić information content (AvgIpc) is 2.25. The maximum absolute atomic E-state index is 12.5. The van der Waals surface area contributed by atoms with Crippen LogP contribution in [0.3, 0.4) is 0 Å². The number of carboxylic acid groups (broad SMARTS) is 2. The molecule has 20 heavy (non-hydrogen) atoms. The topological polar surface area (TPSA) is 109 Å². The fourth-order valence-corrected chi connectivity index (χ4v) is 3.17. The van der Waals surface area contributed by atoms with Gasteiger partial charge in [0.25, 0.3) is 0 Å². The van der Waals surface area contributed by atoms with E-state index >= 15 is 0 Å². The van der Waals surface area contributed by atoms with Crippen LogP contribution < -0.4 is 0 Å². The Bertz CT molecular complexity index is 644. The van der Waals surface area contributed by atoms with Crippen LogP contribution in [0.2, 0.25) is 0 Å². The Kier molecular flexibility index (Phi) is 3.96. The van der Waals surface area contributed by atoms with Gasteiger partial charge in [-0.25, -0.2) is 18.0 Å². The molecule has 0 amide bonds. The van der Waals surface area contributed by atoms with E-state index in [0.717, 1.165) is 12.1 Å². The summed E-state index contributed by atoms with van der Waals surface area (Å²) in [6.07, 6.45) is 0. The van der Waals surface area contributed by atoms with E-state index in [1.165, 1.54) is 27.7 Å². The Morgan fingerprint density at radius 2 is 1.35 bits per heavy atom. The third-order valence-electron chi connectivity index (χ3n) is 2.77. The summed E-state index contributed by atoms with van der Waals surface area (Å²) in [7, 11) is -4.11. The van der Waals surface area contributed by atoms with Crippen LogP contribution in [0.1, 0.15) is 47.1 Å². The van der Waals surface area contributed by atoms with E-state index in [-0.39, 0.29) is 0 Å². The Morgan fingerprint density at radius 3 is 1.60 bits per heavy atom. The molecule has 0 aliphatic heterocycles. The van der Waals surface area contributed by atoms with Crippen molar-refractivity contribution in [1.82, 2.24) is 0 Å². The Morgan fingerprint density at radius 1 is 1.00 bits per heavy atom. The lowest BCUT2D eigenvalue weighted by molar-refractivity contribution is 0.0689. The first kappa shape index (κ1) is 16.2. The molecule has 7 heteroatoms.